The Labute approximate surface area is 97.5 Å². The number of hydrogen-bond donors (Lipinski definition) is 0. The third-order valence-corrected chi connectivity index (χ3v) is 3.79. The summed E-state index contributed by atoms with van der Waals surface area (Å²) in [5, 5.41) is -2.50. The van der Waals surface area contributed by atoms with Crippen molar-refractivity contribution in [2.45, 2.75) is 43.7 Å². The van der Waals surface area contributed by atoms with Crippen LogP contribution in [-0.4, -0.2) is 27.5 Å². The number of carbonyl (C=O) groups is 1. The highest BCUT2D eigenvalue weighted by Crippen LogP contribution is 2.26. The van der Waals surface area contributed by atoms with Crippen molar-refractivity contribution in [1.29, 1.82) is 0 Å². The van der Waals surface area contributed by atoms with Crippen molar-refractivity contribution in [2.24, 2.45) is 0 Å². The second kappa shape index (κ2) is 5.57. The van der Waals surface area contributed by atoms with Gasteiger partial charge >= 0.3 is 5.97 Å². The second-order valence-corrected chi connectivity index (χ2v) is 5.41. The van der Waals surface area contributed by atoms with E-state index in [0.717, 1.165) is 38.0 Å². The zero-order chi connectivity index (χ0) is 12.2. The van der Waals surface area contributed by atoms with Gasteiger partial charge in [0.25, 0.3) is 5.00 Å². The smallest absolute Gasteiger partial charge is 0.361 e. The first-order chi connectivity index (χ1) is 7.50. The van der Waals surface area contributed by atoms with Gasteiger partial charge in [-0.05, 0) is 38.7 Å². The Kier molecular flexibility index (Phi) is 4.65. The molecule has 1 rings (SSSR count). The lowest BCUT2D eigenvalue weighted by molar-refractivity contribution is -0.154. The van der Waals surface area contributed by atoms with Crippen LogP contribution < -0.4 is 0 Å². The van der Waals surface area contributed by atoms with Crippen molar-refractivity contribution >= 4 is 16.8 Å². The van der Waals surface area contributed by atoms with E-state index in [-0.39, 0.29) is 6.10 Å². The highest BCUT2D eigenvalue weighted by atomic mass is 32.2. The lowest BCUT2D eigenvalue weighted by Crippen LogP contribution is -2.39. The van der Waals surface area contributed by atoms with E-state index in [1.165, 1.54) is 6.08 Å². The van der Waals surface area contributed by atoms with E-state index in [0.29, 0.717) is 0 Å². The molecule has 0 N–H and O–H groups in total. The molecule has 0 heterocycles. The summed E-state index contributed by atoms with van der Waals surface area (Å²) in [6.07, 6.45) is 6.86. The fraction of sp³-hybridized carbons (Fsp3) is 0.727. The Bertz CT molecular complexity index is 310. The molecular weight excluding hydrogens is 231 g/mol. The van der Waals surface area contributed by atoms with Crippen molar-refractivity contribution in [3.63, 3.8) is 0 Å². The van der Waals surface area contributed by atoms with Crippen LogP contribution in [0.5, 0.6) is 0 Å². The highest BCUT2D eigenvalue weighted by Gasteiger charge is 2.43. The zero-order valence-corrected chi connectivity index (χ0v) is 10.4. The minimum absolute atomic E-state index is 0.212. The molecule has 1 aliphatic carbocycles. The Morgan fingerprint density at radius 2 is 2.06 bits per heavy atom. The highest BCUT2D eigenvalue weighted by molar-refractivity contribution is 7.86. The molecule has 0 bridgehead atoms. The molecule has 0 radical (unpaired) electrons. The fourth-order valence-corrected chi connectivity index (χ4v) is 2.34. The molecule has 5 heteroatoms. The summed E-state index contributed by atoms with van der Waals surface area (Å²) >= 11 is 0. The monoisotopic (exact) mass is 248 g/mol. The largest absolute Gasteiger partial charge is 0.459 e. The van der Waals surface area contributed by atoms with E-state index in [1.807, 2.05) is 0 Å². The van der Waals surface area contributed by atoms with E-state index in [4.69, 9.17) is 4.74 Å². The van der Waals surface area contributed by atoms with Crippen molar-refractivity contribution < 1.29 is 18.1 Å². The van der Waals surface area contributed by atoms with E-state index >= 15 is 0 Å². The van der Waals surface area contributed by atoms with Gasteiger partial charge in [0.05, 0.1) is 10.8 Å². The Morgan fingerprint density at radius 1 is 1.50 bits per heavy atom. The molecule has 92 valence electrons. The van der Waals surface area contributed by atoms with E-state index in [2.05, 4.69) is 0 Å². The van der Waals surface area contributed by atoms with Crippen LogP contribution in [0.3, 0.4) is 0 Å². The third kappa shape index (κ3) is 2.90. The maximum atomic E-state index is 14.1. The Hall–Kier alpha value is -0.710. The van der Waals surface area contributed by atoms with Gasteiger partial charge in [0.15, 0.2) is 0 Å². The molecule has 3 nitrogen and oxygen atoms in total. The molecule has 1 fully saturated rings. The standard InChI is InChI=1S/C11H17FO3S/c1-3-8-11(12,16(2)14)10(13)15-9-6-4-5-7-9/h3,8-9H,4-7H2,1-2H3. The molecule has 0 spiro atoms. The van der Waals surface area contributed by atoms with E-state index < -0.39 is 21.8 Å². The quantitative estimate of drug-likeness (QED) is 0.565. The van der Waals surface area contributed by atoms with Crippen LogP contribution in [0.1, 0.15) is 32.6 Å². The number of rotatable bonds is 4. The van der Waals surface area contributed by atoms with Gasteiger partial charge in [0, 0.05) is 6.26 Å². The number of esters is 1. The predicted molar refractivity (Wildman–Crippen MR) is 61.1 cm³/mol. The van der Waals surface area contributed by atoms with Gasteiger partial charge in [-0.3, -0.25) is 4.21 Å². The Balaban J connectivity index is 2.71. The molecule has 2 atom stereocenters. The first-order valence-corrected chi connectivity index (χ1v) is 6.94. The summed E-state index contributed by atoms with van der Waals surface area (Å²) in [6.45, 7) is 1.57. The van der Waals surface area contributed by atoms with Crippen LogP contribution in [0.2, 0.25) is 0 Å². The molecule has 1 aliphatic rings. The van der Waals surface area contributed by atoms with E-state index in [1.54, 1.807) is 6.92 Å². The molecule has 2 unspecified atom stereocenters. The van der Waals surface area contributed by atoms with Crippen LogP contribution in [0.4, 0.5) is 4.39 Å². The van der Waals surface area contributed by atoms with Crippen LogP contribution in [0.15, 0.2) is 12.2 Å². The van der Waals surface area contributed by atoms with Gasteiger partial charge in [-0.2, -0.15) is 0 Å². The second-order valence-electron chi connectivity index (χ2n) is 3.91. The molecule has 16 heavy (non-hydrogen) atoms. The summed E-state index contributed by atoms with van der Waals surface area (Å²) in [7, 11) is -1.93. The average Bonchev–Trinajstić information content (AvgIpc) is 2.70. The summed E-state index contributed by atoms with van der Waals surface area (Å²) in [5.74, 6) is -1.03. The summed E-state index contributed by atoms with van der Waals surface area (Å²) in [5.41, 5.74) is 0. The molecule has 0 aliphatic heterocycles. The van der Waals surface area contributed by atoms with Gasteiger partial charge in [0.1, 0.15) is 6.10 Å². The summed E-state index contributed by atoms with van der Waals surface area (Å²) < 4.78 is 30.4. The van der Waals surface area contributed by atoms with Gasteiger partial charge in [0.2, 0.25) is 0 Å². The molecular formula is C11H17FO3S. The SMILES string of the molecule is CC=CC(F)(C(=O)OC1CCCC1)S(C)=O. The maximum Gasteiger partial charge on any atom is 0.361 e. The van der Waals surface area contributed by atoms with Crippen LogP contribution in [0.25, 0.3) is 0 Å². The minimum atomic E-state index is -2.50. The predicted octanol–water partition coefficient (Wildman–Crippen LogP) is 2.09. The average molecular weight is 248 g/mol. The number of carbonyl (C=O) groups excluding carboxylic acids is 1. The van der Waals surface area contributed by atoms with Crippen LogP contribution >= 0.6 is 0 Å². The van der Waals surface area contributed by atoms with Crippen LogP contribution in [-0.2, 0) is 20.3 Å². The normalized spacial score (nSPS) is 23.2. The number of halogens is 1. The van der Waals surface area contributed by atoms with Gasteiger partial charge in [-0.15, -0.1) is 0 Å². The number of allylic oxidation sites excluding steroid dienone is 1. The van der Waals surface area contributed by atoms with Gasteiger partial charge in [-0.25, -0.2) is 9.18 Å². The number of alkyl halides is 1. The van der Waals surface area contributed by atoms with Crippen molar-refractivity contribution in [2.75, 3.05) is 6.26 Å². The molecule has 0 amide bonds. The molecule has 0 aromatic heterocycles. The minimum Gasteiger partial charge on any atom is -0.459 e. The first kappa shape index (κ1) is 13.4. The molecule has 1 saturated carbocycles. The third-order valence-electron chi connectivity index (χ3n) is 2.65. The lowest BCUT2D eigenvalue weighted by atomic mass is 10.3. The molecule has 0 aromatic rings. The molecule has 0 aromatic carbocycles. The summed E-state index contributed by atoms with van der Waals surface area (Å²) in [6, 6.07) is 0. The van der Waals surface area contributed by atoms with Crippen molar-refractivity contribution in [3.8, 4) is 0 Å². The number of ether oxygens (including phenoxy) is 1. The van der Waals surface area contributed by atoms with Gasteiger partial charge in [-0.1, -0.05) is 6.08 Å². The van der Waals surface area contributed by atoms with E-state index in [9.17, 15) is 13.4 Å². The maximum absolute atomic E-state index is 14.1. The fourth-order valence-electron chi connectivity index (χ4n) is 1.73. The first-order valence-electron chi connectivity index (χ1n) is 5.38. The lowest BCUT2D eigenvalue weighted by Gasteiger charge is -2.20. The molecule has 0 saturated heterocycles. The van der Waals surface area contributed by atoms with Gasteiger partial charge < -0.3 is 4.74 Å². The van der Waals surface area contributed by atoms with Crippen molar-refractivity contribution in [1.82, 2.24) is 0 Å². The number of hydrogen-bond acceptors (Lipinski definition) is 3. The topological polar surface area (TPSA) is 43.4 Å². The van der Waals surface area contributed by atoms with Crippen LogP contribution in [0, 0.1) is 0 Å². The van der Waals surface area contributed by atoms with Crippen molar-refractivity contribution in [3.05, 3.63) is 12.2 Å². The Morgan fingerprint density at radius 3 is 2.50 bits per heavy atom. The zero-order valence-electron chi connectivity index (χ0n) is 9.57. The summed E-state index contributed by atoms with van der Waals surface area (Å²) in [4.78, 5) is 11.6.